The summed E-state index contributed by atoms with van der Waals surface area (Å²) in [4.78, 5) is 13.1. The zero-order valence-corrected chi connectivity index (χ0v) is 24.0. The maximum Gasteiger partial charge on any atom is 0.416 e. The molecule has 210 valence electrons. The molecular weight excluding hydrogens is 613 g/mol. The van der Waals surface area contributed by atoms with E-state index in [4.69, 9.17) is 14.2 Å². The van der Waals surface area contributed by atoms with E-state index in [9.17, 15) is 18.0 Å². The molecule has 0 aliphatic carbocycles. The van der Waals surface area contributed by atoms with Gasteiger partial charge in [0.2, 0.25) is 5.75 Å². The van der Waals surface area contributed by atoms with E-state index < -0.39 is 17.6 Å². The second-order valence-electron chi connectivity index (χ2n) is 8.29. The van der Waals surface area contributed by atoms with Crippen LogP contribution < -0.4 is 19.5 Å². The molecule has 0 aliphatic heterocycles. The van der Waals surface area contributed by atoms with Crippen molar-refractivity contribution in [3.63, 3.8) is 0 Å². The summed E-state index contributed by atoms with van der Waals surface area (Å²) >= 11 is 4.74. The zero-order valence-electron chi connectivity index (χ0n) is 21.6. The molecule has 0 radical (unpaired) electrons. The third kappa shape index (κ3) is 6.70. The van der Waals surface area contributed by atoms with Crippen molar-refractivity contribution in [3.05, 3.63) is 87.7 Å². The van der Waals surface area contributed by atoms with Crippen LogP contribution >= 0.6 is 27.7 Å². The van der Waals surface area contributed by atoms with Crippen molar-refractivity contribution in [3.8, 4) is 22.9 Å². The van der Waals surface area contributed by atoms with Crippen molar-refractivity contribution in [2.75, 3.05) is 21.3 Å². The van der Waals surface area contributed by atoms with Gasteiger partial charge in [-0.3, -0.25) is 9.36 Å². The predicted molar refractivity (Wildman–Crippen MR) is 147 cm³/mol. The van der Waals surface area contributed by atoms with Crippen LogP contribution in [0.2, 0.25) is 0 Å². The number of carbonyl (C=O) groups is 1. The smallest absolute Gasteiger partial charge is 0.416 e. The van der Waals surface area contributed by atoms with E-state index in [1.807, 2.05) is 24.3 Å². The van der Waals surface area contributed by atoms with Gasteiger partial charge in [-0.05, 0) is 54.1 Å². The van der Waals surface area contributed by atoms with Crippen LogP contribution in [0.25, 0.3) is 5.69 Å². The highest BCUT2D eigenvalue weighted by Gasteiger charge is 2.30. The summed E-state index contributed by atoms with van der Waals surface area (Å²) in [5, 5.41) is 11.9. The molecule has 40 heavy (non-hydrogen) atoms. The molecular formula is C27H24BrF3N4O4S. The van der Waals surface area contributed by atoms with Gasteiger partial charge in [0.05, 0.1) is 33.4 Å². The average Bonchev–Trinajstić information content (AvgIpc) is 3.36. The molecule has 0 saturated heterocycles. The molecule has 0 fully saturated rings. The molecule has 1 heterocycles. The second kappa shape index (κ2) is 12.6. The lowest BCUT2D eigenvalue weighted by molar-refractivity contribution is -0.137. The minimum atomic E-state index is -4.39. The number of thioether (sulfide) groups is 1. The Morgan fingerprint density at radius 3 is 2.12 bits per heavy atom. The molecule has 0 atom stereocenters. The van der Waals surface area contributed by atoms with Gasteiger partial charge in [-0.25, -0.2) is 0 Å². The molecule has 0 saturated carbocycles. The number of nitrogens with zero attached hydrogens (tertiary/aromatic N) is 3. The third-order valence-corrected chi connectivity index (χ3v) is 7.30. The first-order chi connectivity index (χ1) is 19.1. The van der Waals surface area contributed by atoms with Crippen LogP contribution in [-0.2, 0) is 18.5 Å². The Kier molecular flexibility index (Phi) is 9.25. The molecule has 1 amide bonds. The van der Waals surface area contributed by atoms with Gasteiger partial charge in [0.25, 0.3) is 5.91 Å². The Labute approximate surface area is 241 Å². The molecule has 1 aromatic heterocycles. The van der Waals surface area contributed by atoms with Crippen molar-refractivity contribution < 1.29 is 32.2 Å². The summed E-state index contributed by atoms with van der Waals surface area (Å²) in [5.74, 6) is 1.47. The zero-order chi connectivity index (χ0) is 28.9. The first-order valence-electron chi connectivity index (χ1n) is 11.7. The molecule has 0 spiro atoms. The highest BCUT2D eigenvalue weighted by atomic mass is 79.9. The van der Waals surface area contributed by atoms with Crippen molar-refractivity contribution in [1.82, 2.24) is 20.1 Å². The number of hydrogen-bond donors (Lipinski definition) is 1. The number of benzene rings is 3. The van der Waals surface area contributed by atoms with Crippen LogP contribution in [0.15, 0.2) is 70.3 Å². The summed E-state index contributed by atoms with van der Waals surface area (Å²) in [7, 11) is 4.40. The number of carbonyl (C=O) groups excluding carboxylic acids is 1. The SMILES string of the molecule is COc1cc(C(=O)NCc2nnc(SCc3ccc(C(F)(F)F)cc3)n2-c2ccc(Br)cc2)cc(OC)c1OC. The number of aromatic nitrogens is 3. The van der Waals surface area contributed by atoms with Crippen molar-refractivity contribution >= 4 is 33.6 Å². The molecule has 13 heteroatoms. The number of halogens is 4. The van der Waals surface area contributed by atoms with E-state index in [1.54, 1.807) is 16.7 Å². The lowest BCUT2D eigenvalue weighted by Crippen LogP contribution is -2.24. The minimum absolute atomic E-state index is 0.0411. The number of hydrogen-bond acceptors (Lipinski definition) is 7. The fourth-order valence-electron chi connectivity index (χ4n) is 3.77. The Morgan fingerprint density at radius 1 is 0.950 bits per heavy atom. The van der Waals surface area contributed by atoms with E-state index >= 15 is 0 Å². The van der Waals surface area contributed by atoms with Crippen molar-refractivity contribution in [2.24, 2.45) is 0 Å². The molecule has 1 N–H and O–H groups in total. The fraction of sp³-hybridized carbons (Fsp3) is 0.222. The molecule has 0 unspecified atom stereocenters. The van der Waals surface area contributed by atoms with Gasteiger partial charge in [-0.1, -0.05) is 39.8 Å². The van der Waals surface area contributed by atoms with Crippen LogP contribution in [0.1, 0.15) is 27.3 Å². The van der Waals surface area contributed by atoms with Crippen LogP contribution in [0.5, 0.6) is 17.2 Å². The van der Waals surface area contributed by atoms with Crippen LogP contribution in [0.3, 0.4) is 0 Å². The Balaban J connectivity index is 1.56. The van der Waals surface area contributed by atoms with E-state index in [-0.39, 0.29) is 6.54 Å². The Bertz CT molecular complexity index is 1450. The normalized spacial score (nSPS) is 11.3. The number of methoxy groups -OCH3 is 3. The summed E-state index contributed by atoms with van der Waals surface area (Å²) in [6.45, 7) is 0.0411. The van der Waals surface area contributed by atoms with Crippen molar-refractivity contribution in [1.29, 1.82) is 0 Å². The monoisotopic (exact) mass is 636 g/mol. The van der Waals surface area contributed by atoms with Gasteiger partial charge in [0.15, 0.2) is 22.5 Å². The largest absolute Gasteiger partial charge is 0.493 e. The predicted octanol–water partition coefficient (Wildman–Crippen LogP) is 6.30. The topological polar surface area (TPSA) is 87.5 Å². The lowest BCUT2D eigenvalue weighted by Gasteiger charge is -2.14. The van der Waals surface area contributed by atoms with Gasteiger partial charge in [0.1, 0.15) is 0 Å². The second-order valence-corrected chi connectivity index (χ2v) is 10.1. The number of alkyl halides is 3. The van der Waals surface area contributed by atoms with E-state index in [0.29, 0.717) is 45.1 Å². The molecule has 8 nitrogen and oxygen atoms in total. The van der Waals surface area contributed by atoms with Gasteiger partial charge in [-0.15, -0.1) is 10.2 Å². The highest BCUT2D eigenvalue weighted by molar-refractivity contribution is 9.10. The van der Waals surface area contributed by atoms with E-state index in [0.717, 1.165) is 22.3 Å². The standard InChI is InChI=1S/C27H24BrF3N4O4S/c1-37-21-12-17(13-22(38-2)24(21)39-3)25(36)32-14-23-33-34-26(35(23)20-10-8-19(28)9-11-20)40-15-16-4-6-18(7-5-16)27(29,30)31/h4-13H,14-15H2,1-3H3,(H,32,36). The molecule has 0 aliphatic rings. The third-order valence-electron chi connectivity index (χ3n) is 5.77. The summed E-state index contributed by atoms with van der Waals surface area (Å²) < 4.78 is 57.4. The molecule has 4 aromatic rings. The van der Waals surface area contributed by atoms with Crippen molar-refractivity contribution in [2.45, 2.75) is 23.6 Å². The lowest BCUT2D eigenvalue weighted by atomic mass is 10.1. The molecule has 0 bridgehead atoms. The maximum atomic E-state index is 13.1. The quantitative estimate of drug-likeness (QED) is 0.205. The molecule has 4 rings (SSSR count). The van der Waals surface area contributed by atoms with Gasteiger partial charge < -0.3 is 19.5 Å². The number of amides is 1. The highest BCUT2D eigenvalue weighted by Crippen LogP contribution is 2.38. The Hall–Kier alpha value is -3.71. The molecule has 3 aromatic carbocycles. The maximum absolute atomic E-state index is 13.1. The first kappa shape index (κ1) is 29.3. The van der Waals surface area contributed by atoms with Gasteiger partial charge >= 0.3 is 6.18 Å². The number of nitrogens with one attached hydrogen (secondary N) is 1. The fourth-order valence-corrected chi connectivity index (χ4v) is 4.96. The van der Waals surface area contributed by atoms with Gasteiger partial charge in [-0.2, -0.15) is 13.2 Å². The number of rotatable bonds is 10. The Morgan fingerprint density at radius 2 is 1.57 bits per heavy atom. The summed E-state index contributed by atoms with van der Waals surface area (Å²) in [5.41, 5.74) is 1.03. The minimum Gasteiger partial charge on any atom is -0.493 e. The number of ether oxygens (including phenoxy) is 3. The summed E-state index contributed by atoms with van der Waals surface area (Å²) in [6.07, 6.45) is -4.39. The van der Waals surface area contributed by atoms with Gasteiger partial charge in [0, 0.05) is 21.5 Å². The van der Waals surface area contributed by atoms with E-state index in [2.05, 4.69) is 31.4 Å². The van der Waals surface area contributed by atoms with Crippen LogP contribution in [0, 0.1) is 0 Å². The van der Waals surface area contributed by atoms with E-state index in [1.165, 1.54) is 45.2 Å². The van der Waals surface area contributed by atoms with Crippen LogP contribution in [0.4, 0.5) is 13.2 Å². The van der Waals surface area contributed by atoms with Crippen LogP contribution in [-0.4, -0.2) is 42.0 Å². The summed E-state index contributed by atoms with van der Waals surface area (Å²) in [6, 6.07) is 15.5. The average molecular weight is 637 g/mol. The first-order valence-corrected chi connectivity index (χ1v) is 13.5.